The standard InChI is InChI=1S/C24H21N3O4/c1-16-8-3-5-12-20(16)25-22(28)15-30-18-10-7-9-17(14-18)23-26-24(31-27-23)19-11-4-6-13-21(19)29-2/h3-14H,15H2,1-2H3,(H,25,28). The molecule has 0 spiro atoms. The van der Waals surface area contributed by atoms with Crippen LogP contribution in [-0.4, -0.2) is 29.8 Å². The Morgan fingerprint density at radius 3 is 2.68 bits per heavy atom. The maximum Gasteiger partial charge on any atom is 0.262 e. The van der Waals surface area contributed by atoms with Crippen molar-refractivity contribution in [1.82, 2.24) is 10.1 Å². The summed E-state index contributed by atoms with van der Waals surface area (Å²) in [5.74, 6) is 1.71. The Bertz CT molecular complexity index is 1200. The molecule has 1 heterocycles. The zero-order valence-electron chi connectivity index (χ0n) is 17.2. The van der Waals surface area contributed by atoms with Crippen molar-refractivity contribution >= 4 is 11.6 Å². The van der Waals surface area contributed by atoms with Crippen molar-refractivity contribution in [1.29, 1.82) is 0 Å². The zero-order valence-corrected chi connectivity index (χ0v) is 17.2. The number of ether oxygens (including phenoxy) is 2. The predicted molar refractivity (Wildman–Crippen MR) is 117 cm³/mol. The summed E-state index contributed by atoms with van der Waals surface area (Å²) in [6, 6.07) is 22.2. The molecular weight excluding hydrogens is 394 g/mol. The minimum atomic E-state index is -0.238. The van der Waals surface area contributed by atoms with Crippen molar-refractivity contribution in [2.24, 2.45) is 0 Å². The molecule has 0 radical (unpaired) electrons. The Balaban J connectivity index is 1.45. The van der Waals surface area contributed by atoms with Gasteiger partial charge in [-0.05, 0) is 42.8 Å². The highest BCUT2D eigenvalue weighted by Gasteiger charge is 2.15. The smallest absolute Gasteiger partial charge is 0.262 e. The van der Waals surface area contributed by atoms with Crippen molar-refractivity contribution in [2.75, 3.05) is 19.0 Å². The van der Waals surface area contributed by atoms with Crippen LogP contribution < -0.4 is 14.8 Å². The van der Waals surface area contributed by atoms with Gasteiger partial charge in [0.2, 0.25) is 5.82 Å². The normalized spacial score (nSPS) is 10.5. The first-order valence-electron chi connectivity index (χ1n) is 9.70. The number of hydrogen-bond acceptors (Lipinski definition) is 6. The molecule has 1 aromatic heterocycles. The molecule has 1 N–H and O–H groups in total. The van der Waals surface area contributed by atoms with E-state index in [9.17, 15) is 4.79 Å². The van der Waals surface area contributed by atoms with E-state index in [1.807, 2.05) is 67.6 Å². The number of aromatic nitrogens is 2. The molecule has 0 atom stereocenters. The number of nitrogens with one attached hydrogen (secondary N) is 1. The molecule has 156 valence electrons. The van der Waals surface area contributed by atoms with Gasteiger partial charge in [-0.1, -0.05) is 47.6 Å². The largest absolute Gasteiger partial charge is 0.496 e. The van der Waals surface area contributed by atoms with Gasteiger partial charge in [-0.3, -0.25) is 4.79 Å². The minimum Gasteiger partial charge on any atom is -0.496 e. The molecule has 4 rings (SSSR count). The molecule has 0 saturated carbocycles. The fraction of sp³-hybridized carbons (Fsp3) is 0.125. The molecule has 0 aliphatic rings. The number of carbonyl (C=O) groups is 1. The number of hydrogen-bond donors (Lipinski definition) is 1. The summed E-state index contributed by atoms with van der Waals surface area (Å²) >= 11 is 0. The summed E-state index contributed by atoms with van der Waals surface area (Å²) in [4.78, 5) is 16.7. The first-order valence-corrected chi connectivity index (χ1v) is 9.70. The fourth-order valence-corrected chi connectivity index (χ4v) is 3.04. The van der Waals surface area contributed by atoms with E-state index >= 15 is 0 Å². The third-order valence-corrected chi connectivity index (χ3v) is 4.64. The lowest BCUT2D eigenvalue weighted by molar-refractivity contribution is -0.118. The van der Waals surface area contributed by atoms with Crippen molar-refractivity contribution < 1.29 is 18.8 Å². The molecule has 0 aliphatic carbocycles. The first-order chi connectivity index (χ1) is 15.1. The number of nitrogens with zero attached hydrogens (tertiary/aromatic N) is 2. The van der Waals surface area contributed by atoms with Gasteiger partial charge in [-0.15, -0.1) is 0 Å². The van der Waals surface area contributed by atoms with Crippen LogP contribution in [-0.2, 0) is 4.79 Å². The van der Waals surface area contributed by atoms with Crippen LogP contribution in [0.5, 0.6) is 11.5 Å². The summed E-state index contributed by atoms with van der Waals surface area (Å²) in [5, 5.41) is 6.91. The molecular formula is C24H21N3O4. The Labute approximate surface area is 179 Å². The third-order valence-electron chi connectivity index (χ3n) is 4.64. The maximum absolute atomic E-state index is 12.2. The van der Waals surface area contributed by atoms with Gasteiger partial charge in [0.05, 0.1) is 12.7 Å². The molecule has 0 unspecified atom stereocenters. The van der Waals surface area contributed by atoms with Crippen molar-refractivity contribution in [3.05, 3.63) is 78.4 Å². The fourth-order valence-electron chi connectivity index (χ4n) is 3.04. The van der Waals surface area contributed by atoms with Gasteiger partial charge >= 0.3 is 0 Å². The number of rotatable bonds is 7. The van der Waals surface area contributed by atoms with Crippen LogP contribution in [0.3, 0.4) is 0 Å². The van der Waals surface area contributed by atoms with E-state index in [0.717, 1.165) is 11.3 Å². The van der Waals surface area contributed by atoms with Gasteiger partial charge in [0.1, 0.15) is 11.5 Å². The highest BCUT2D eigenvalue weighted by atomic mass is 16.5. The molecule has 31 heavy (non-hydrogen) atoms. The molecule has 0 bridgehead atoms. The first kappa shape index (κ1) is 20.2. The third kappa shape index (κ3) is 4.72. The average Bonchev–Trinajstić information content (AvgIpc) is 3.30. The van der Waals surface area contributed by atoms with Gasteiger partial charge in [-0.25, -0.2) is 0 Å². The van der Waals surface area contributed by atoms with Gasteiger partial charge in [0.25, 0.3) is 11.8 Å². The molecule has 4 aromatic rings. The highest BCUT2D eigenvalue weighted by molar-refractivity contribution is 5.92. The molecule has 1 amide bonds. The second-order valence-electron chi connectivity index (χ2n) is 6.80. The molecule has 0 saturated heterocycles. The molecule has 0 aliphatic heterocycles. The van der Waals surface area contributed by atoms with E-state index in [0.29, 0.717) is 34.3 Å². The molecule has 7 nitrogen and oxygen atoms in total. The number of benzene rings is 3. The monoisotopic (exact) mass is 415 g/mol. The van der Waals surface area contributed by atoms with Crippen LogP contribution in [0.4, 0.5) is 5.69 Å². The van der Waals surface area contributed by atoms with E-state index in [-0.39, 0.29) is 12.5 Å². The van der Waals surface area contributed by atoms with Crippen LogP contribution in [0.2, 0.25) is 0 Å². The number of methoxy groups -OCH3 is 1. The van der Waals surface area contributed by atoms with Gasteiger partial charge in [0.15, 0.2) is 6.61 Å². The minimum absolute atomic E-state index is 0.115. The number of anilines is 1. The Morgan fingerprint density at radius 1 is 1.03 bits per heavy atom. The number of para-hydroxylation sites is 2. The lowest BCUT2D eigenvalue weighted by Crippen LogP contribution is -2.20. The van der Waals surface area contributed by atoms with E-state index in [1.165, 1.54) is 0 Å². The second kappa shape index (κ2) is 9.13. The molecule has 3 aromatic carbocycles. The summed E-state index contributed by atoms with van der Waals surface area (Å²) in [6.45, 7) is 1.82. The predicted octanol–water partition coefficient (Wildman–Crippen LogP) is 4.74. The summed E-state index contributed by atoms with van der Waals surface area (Å²) < 4.78 is 16.4. The van der Waals surface area contributed by atoms with E-state index in [4.69, 9.17) is 14.0 Å². The van der Waals surface area contributed by atoms with E-state index < -0.39 is 0 Å². The average molecular weight is 415 g/mol. The summed E-state index contributed by atoms with van der Waals surface area (Å²) in [7, 11) is 1.59. The van der Waals surface area contributed by atoms with Gasteiger partial charge < -0.3 is 19.3 Å². The molecule has 7 heteroatoms. The van der Waals surface area contributed by atoms with Crippen LogP contribution in [0, 0.1) is 6.92 Å². The Kier molecular flexibility index (Phi) is 5.93. The van der Waals surface area contributed by atoms with E-state index in [2.05, 4.69) is 15.5 Å². The lowest BCUT2D eigenvalue weighted by Gasteiger charge is -2.09. The Morgan fingerprint density at radius 2 is 1.84 bits per heavy atom. The number of amides is 1. The highest BCUT2D eigenvalue weighted by Crippen LogP contribution is 2.30. The van der Waals surface area contributed by atoms with Crippen LogP contribution in [0.1, 0.15) is 5.56 Å². The SMILES string of the molecule is COc1ccccc1-c1nc(-c2cccc(OCC(=O)Nc3ccccc3C)c2)no1. The number of carbonyl (C=O) groups excluding carboxylic acids is 1. The van der Waals surface area contributed by atoms with E-state index in [1.54, 1.807) is 19.2 Å². The van der Waals surface area contributed by atoms with Crippen LogP contribution in [0.15, 0.2) is 77.3 Å². The van der Waals surface area contributed by atoms with Gasteiger partial charge in [0, 0.05) is 11.3 Å². The van der Waals surface area contributed by atoms with Crippen LogP contribution in [0.25, 0.3) is 22.8 Å². The Hall–Kier alpha value is -4.13. The topological polar surface area (TPSA) is 86.5 Å². The zero-order chi connectivity index (χ0) is 21.6. The quantitative estimate of drug-likeness (QED) is 0.469. The van der Waals surface area contributed by atoms with Crippen molar-refractivity contribution in [3.63, 3.8) is 0 Å². The van der Waals surface area contributed by atoms with Gasteiger partial charge in [-0.2, -0.15) is 4.98 Å². The van der Waals surface area contributed by atoms with Crippen molar-refractivity contribution in [3.8, 4) is 34.3 Å². The summed E-state index contributed by atoms with van der Waals surface area (Å²) in [6.07, 6.45) is 0. The van der Waals surface area contributed by atoms with Crippen molar-refractivity contribution in [2.45, 2.75) is 6.92 Å². The lowest BCUT2D eigenvalue weighted by atomic mass is 10.2. The summed E-state index contributed by atoms with van der Waals surface area (Å²) in [5.41, 5.74) is 3.17. The maximum atomic E-state index is 12.2. The number of aryl methyl sites for hydroxylation is 1. The van der Waals surface area contributed by atoms with Crippen LogP contribution >= 0.6 is 0 Å². The second-order valence-corrected chi connectivity index (χ2v) is 6.80. The molecule has 0 fully saturated rings.